The van der Waals surface area contributed by atoms with Crippen molar-refractivity contribution < 1.29 is 4.79 Å². The van der Waals surface area contributed by atoms with E-state index < -0.39 is 0 Å². The van der Waals surface area contributed by atoms with Crippen molar-refractivity contribution in [1.82, 2.24) is 5.32 Å². The Bertz CT molecular complexity index is 417. The first-order chi connectivity index (χ1) is 7.56. The third-order valence-electron chi connectivity index (χ3n) is 2.77. The van der Waals surface area contributed by atoms with Gasteiger partial charge >= 0.3 is 0 Å². The third kappa shape index (κ3) is 2.73. The van der Waals surface area contributed by atoms with E-state index in [0.717, 1.165) is 18.2 Å². The Hall–Kier alpha value is 0.230. The first-order valence-corrected chi connectivity index (χ1v) is 7.55. The van der Waals surface area contributed by atoms with Gasteiger partial charge in [0.05, 0.1) is 9.90 Å². The van der Waals surface area contributed by atoms with Crippen molar-refractivity contribution in [2.75, 3.05) is 11.9 Å². The molecule has 2 nitrogen and oxygen atoms in total. The lowest BCUT2D eigenvalue weighted by Crippen LogP contribution is -2.30. The Morgan fingerprint density at radius 1 is 1.56 bits per heavy atom. The first kappa shape index (κ1) is 12.7. The van der Waals surface area contributed by atoms with Gasteiger partial charge in [0.25, 0.3) is 5.91 Å². The minimum atomic E-state index is -0.139. The maximum absolute atomic E-state index is 11.8. The molecule has 2 rings (SSSR count). The minimum Gasteiger partial charge on any atom is -0.351 e. The minimum absolute atomic E-state index is 0.139. The number of amides is 1. The van der Waals surface area contributed by atoms with Gasteiger partial charge in [0, 0.05) is 11.9 Å². The van der Waals surface area contributed by atoms with Crippen LogP contribution in [0.1, 0.15) is 23.2 Å². The van der Waals surface area contributed by atoms with Crippen molar-refractivity contribution in [3.8, 4) is 0 Å². The van der Waals surface area contributed by atoms with E-state index in [2.05, 4.69) is 21.2 Å². The zero-order chi connectivity index (χ0) is 11.8. The molecule has 1 heterocycles. The topological polar surface area (TPSA) is 29.1 Å². The van der Waals surface area contributed by atoms with Crippen LogP contribution in [0, 0.1) is 5.41 Å². The van der Waals surface area contributed by atoms with Gasteiger partial charge in [-0.3, -0.25) is 4.79 Å². The van der Waals surface area contributed by atoms with E-state index >= 15 is 0 Å². The van der Waals surface area contributed by atoms with Gasteiger partial charge in [-0.05, 0) is 24.3 Å². The Labute approximate surface area is 116 Å². The van der Waals surface area contributed by atoms with E-state index in [-0.39, 0.29) is 11.3 Å². The molecule has 16 heavy (non-hydrogen) atoms. The summed E-state index contributed by atoms with van der Waals surface area (Å²) >= 11 is 16.4. The zero-order valence-electron chi connectivity index (χ0n) is 8.36. The number of carbonyl (C=O) groups excluding carboxylic acids is 1. The molecule has 1 fully saturated rings. The molecule has 0 aromatic carbocycles. The summed E-state index contributed by atoms with van der Waals surface area (Å²) in [4.78, 5) is 11.8. The maximum atomic E-state index is 11.8. The second-order valence-corrected chi connectivity index (χ2v) is 6.90. The van der Waals surface area contributed by atoms with Crippen LogP contribution in [0.2, 0.25) is 8.67 Å². The molecular weight excluding hydrogens is 333 g/mol. The highest BCUT2D eigenvalue weighted by molar-refractivity contribution is 9.09. The fourth-order valence-electron chi connectivity index (χ4n) is 1.39. The van der Waals surface area contributed by atoms with Gasteiger partial charge in [-0.1, -0.05) is 39.1 Å². The molecule has 1 aliphatic carbocycles. The van der Waals surface area contributed by atoms with E-state index in [1.165, 1.54) is 11.3 Å². The predicted octanol–water partition coefficient (Wildman–Crippen LogP) is 3.96. The van der Waals surface area contributed by atoms with Crippen LogP contribution in [0.25, 0.3) is 0 Å². The lowest BCUT2D eigenvalue weighted by molar-refractivity contribution is 0.0947. The van der Waals surface area contributed by atoms with E-state index in [1.54, 1.807) is 6.07 Å². The number of carbonyl (C=O) groups is 1. The number of alkyl halides is 1. The zero-order valence-corrected chi connectivity index (χ0v) is 12.3. The summed E-state index contributed by atoms with van der Waals surface area (Å²) in [6, 6.07) is 1.61. The molecule has 0 aliphatic heterocycles. The lowest BCUT2D eigenvalue weighted by atomic mass is 10.1. The number of halogens is 3. The molecule has 0 atom stereocenters. The van der Waals surface area contributed by atoms with Crippen LogP contribution in [0.4, 0.5) is 0 Å². The van der Waals surface area contributed by atoms with Crippen LogP contribution in [0.15, 0.2) is 6.07 Å². The molecule has 1 aromatic heterocycles. The van der Waals surface area contributed by atoms with Gasteiger partial charge in [-0.25, -0.2) is 0 Å². The van der Waals surface area contributed by atoms with E-state index in [0.29, 0.717) is 20.8 Å². The molecule has 1 aromatic rings. The van der Waals surface area contributed by atoms with Gasteiger partial charge in [0.1, 0.15) is 4.34 Å². The van der Waals surface area contributed by atoms with Crippen molar-refractivity contribution in [3.63, 3.8) is 0 Å². The number of nitrogens with one attached hydrogen (secondary N) is 1. The van der Waals surface area contributed by atoms with Crippen LogP contribution in [0.3, 0.4) is 0 Å². The second-order valence-electron chi connectivity index (χ2n) is 4.05. The van der Waals surface area contributed by atoms with Crippen LogP contribution >= 0.6 is 50.5 Å². The quantitative estimate of drug-likeness (QED) is 0.824. The summed E-state index contributed by atoms with van der Waals surface area (Å²) in [6.07, 6.45) is 2.33. The number of hydrogen-bond donors (Lipinski definition) is 1. The van der Waals surface area contributed by atoms with E-state index in [9.17, 15) is 4.79 Å². The molecule has 1 saturated carbocycles. The summed E-state index contributed by atoms with van der Waals surface area (Å²) in [5.74, 6) is -0.139. The Morgan fingerprint density at radius 3 is 2.69 bits per heavy atom. The highest BCUT2D eigenvalue weighted by Gasteiger charge is 2.41. The van der Waals surface area contributed by atoms with Crippen molar-refractivity contribution >= 4 is 56.4 Å². The summed E-state index contributed by atoms with van der Waals surface area (Å²) in [7, 11) is 0. The molecule has 0 saturated heterocycles. The van der Waals surface area contributed by atoms with Crippen molar-refractivity contribution in [2.24, 2.45) is 5.41 Å². The normalized spacial score (nSPS) is 17.2. The molecular formula is C10H10BrCl2NOS. The van der Waals surface area contributed by atoms with E-state index in [4.69, 9.17) is 23.2 Å². The number of rotatable bonds is 4. The third-order valence-corrected chi connectivity index (χ3v) is 5.44. The maximum Gasteiger partial charge on any atom is 0.253 e. The van der Waals surface area contributed by atoms with Crippen molar-refractivity contribution in [1.29, 1.82) is 0 Å². The Balaban J connectivity index is 1.96. The summed E-state index contributed by atoms with van der Waals surface area (Å²) in [5, 5.41) is 3.83. The van der Waals surface area contributed by atoms with Crippen LogP contribution in [-0.2, 0) is 0 Å². The summed E-state index contributed by atoms with van der Waals surface area (Å²) in [5.41, 5.74) is 0.740. The smallest absolute Gasteiger partial charge is 0.253 e. The fraction of sp³-hybridized carbons (Fsp3) is 0.500. The van der Waals surface area contributed by atoms with Crippen LogP contribution < -0.4 is 5.32 Å². The predicted molar refractivity (Wildman–Crippen MR) is 72.1 cm³/mol. The highest BCUT2D eigenvalue weighted by atomic mass is 79.9. The summed E-state index contributed by atoms with van der Waals surface area (Å²) < 4.78 is 0.989. The summed E-state index contributed by atoms with van der Waals surface area (Å²) in [6.45, 7) is 0.695. The van der Waals surface area contributed by atoms with Crippen LogP contribution in [-0.4, -0.2) is 17.8 Å². The van der Waals surface area contributed by atoms with Gasteiger partial charge in [-0.15, -0.1) is 11.3 Å². The lowest BCUT2D eigenvalue weighted by Gasteiger charge is -2.12. The van der Waals surface area contributed by atoms with Gasteiger partial charge in [-0.2, -0.15) is 0 Å². The standard InChI is InChI=1S/C10H10BrCl2NOS/c11-4-10(1-2-10)5-14-9(15)6-3-7(12)16-8(6)13/h3H,1-2,4-5H2,(H,14,15). The largest absolute Gasteiger partial charge is 0.351 e. The van der Waals surface area contributed by atoms with Crippen molar-refractivity contribution in [3.05, 3.63) is 20.3 Å². The van der Waals surface area contributed by atoms with Crippen molar-refractivity contribution in [2.45, 2.75) is 12.8 Å². The molecule has 0 bridgehead atoms. The second kappa shape index (κ2) is 4.84. The number of hydrogen-bond acceptors (Lipinski definition) is 2. The SMILES string of the molecule is O=C(NCC1(CBr)CC1)c1cc(Cl)sc1Cl. The van der Waals surface area contributed by atoms with E-state index in [1.807, 2.05) is 0 Å². The molecule has 1 N–H and O–H groups in total. The Morgan fingerprint density at radius 2 is 2.25 bits per heavy atom. The average Bonchev–Trinajstić information content (AvgIpc) is 2.96. The van der Waals surface area contributed by atoms with Gasteiger partial charge < -0.3 is 5.32 Å². The molecule has 0 unspecified atom stereocenters. The van der Waals surface area contributed by atoms with Crippen LogP contribution in [0.5, 0.6) is 0 Å². The Kier molecular flexibility index (Phi) is 3.84. The number of thiophene rings is 1. The van der Waals surface area contributed by atoms with Gasteiger partial charge in [0.2, 0.25) is 0 Å². The molecule has 1 aliphatic rings. The van der Waals surface area contributed by atoms with Gasteiger partial charge in [0.15, 0.2) is 0 Å². The fourth-order valence-corrected chi connectivity index (χ4v) is 3.61. The molecule has 0 spiro atoms. The first-order valence-electron chi connectivity index (χ1n) is 4.85. The molecule has 0 radical (unpaired) electrons. The monoisotopic (exact) mass is 341 g/mol. The average molecular weight is 343 g/mol. The molecule has 1 amide bonds. The molecule has 88 valence electrons. The molecule has 6 heteroatoms. The highest BCUT2D eigenvalue weighted by Crippen LogP contribution is 2.46.